The lowest BCUT2D eigenvalue weighted by atomic mass is 10.3. The van der Waals surface area contributed by atoms with Gasteiger partial charge in [0.1, 0.15) is 0 Å². The average Bonchev–Trinajstić information content (AvgIpc) is 2.11. The van der Waals surface area contributed by atoms with E-state index in [0.717, 1.165) is 13.2 Å². The van der Waals surface area contributed by atoms with Gasteiger partial charge < -0.3 is 10.5 Å². The summed E-state index contributed by atoms with van der Waals surface area (Å²) in [5, 5.41) is 0. The van der Waals surface area contributed by atoms with Gasteiger partial charge in [0, 0.05) is 13.7 Å². The van der Waals surface area contributed by atoms with Crippen molar-refractivity contribution in [3.8, 4) is 0 Å². The molecule has 12 heavy (non-hydrogen) atoms. The van der Waals surface area contributed by atoms with Crippen LogP contribution in [0.2, 0.25) is 0 Å². The van der Waals surface area contributed by atoms with Gasteiger partial charge in [0.2, 0.25) is 0 Å². The SMILES string of the molecule is CC.CCCCCOC.CCN. The third-order valence-electron chi connectivity index (χ3n) is 0.952. The van der Waals surface area contributed by atoms with Crippen LogP contribution in [0.1, 0.15) is 47.0 Å². The predicted molar refractivity (Wildman–Crippen MR) is 57.5 cm³/mol. The van der Waals surface area contributed by atoms with Crippen molar-refractivity contribution in [1.82, 2.24) is 0 Å². The maximum atomic E-state index is 4.85. The standard InChI is InChI=1S/C6H14O.C2H7N.C2H6/c1-3-4-5-6-7-2;1-2-3;1-2/h3-6H2,1-2H3;2-3H2,1H3;1-2H3. The van der Waals surface area contributed by atoms with E-state index in [0.29, 0.717) is 0 Å². The van der Waals surface area contributed by atoms with Gasteiger partial charge in [-0.1, -0.05) is 40.5 Å². The average molecular weight is 177 g/mol. The Morgan fingerprint density at radius 3 is 1.75 bits per heavy atom. The zero-order chi connectivity index (χ0) is 10.2. The molecule has 2 heteroatoms. The summed E-state index contributed by atoms with van der Waals surface area (Å²) >= 11 is 0. The van der Waals surface area contributed by atoms with E-state index < -0.39 is 0 Å². The van der Waals surface area contributed by atoms with Crippen LogP contribution in [0.15, 0.2) is 0 Å². The summed E-state index contributed by atoms with van der Waals surface area (Å²) < 4.78 is 4.84. The summed E-state index contributed by atoms with van der Waals surface area (Å²) in [7, 11) is 1.75. The largest absolute Gasteiger partial charge is 0.385 e. The smallest absolute Gasteiger partial charge is 0.0462 e. The Morgan fingerprint density at radius 2 is 1.50 bits per heavy atom. The molecular weight excluding hydrogens is 150 g/mol. The highest BCUT2D eigenvalue weighted by Gasteiger charge is 1.79. The number of hydrogen-bond donors (Lipinski definition) is 1. The summed E-state index contributed by atoms with van der Waals surface area (Å²) in [5.74, 6) is 0. The molecule has 0 amide bonds. The first-order chi connectivity index (χ1) is 5.83. The van der Waals surface area contributed by atoms with Crippen molar-refractivity contribution >= 4 is 0 Å². The highest BCUT2D eigenvalue weighted by Crippen LogP contribution is 1.91. The van der Waals surface area contributed by atoms with Gasteiger partial charge in [-0.25, -0.2) is 0 Å². The van der Waals surface area contributed by atoms with E-state index in [-0.39, 0.29) is 0 Å². The molecule has 0 aromatic rings. The molecule has 0 rings (SSSR count). The Balaban J connectivity index is -0.000000137. The van der Waals surface area contributed by atoms with Crippen LogP contribution < -0.4 is 5.73 Å². The number of methoxy groups -OCH3 is 1. The molecule has 0 aromatic heterocycles. The summed E-state index contributed by atoms with van der Waals surface area (Å²) in [4.78, 5) is 0. The molecule has 78 valence electrons. The molecule has 0 aliphatic heterocycles. The van der Waals surface area contributed by atoms with Gasteiger partial charge in [-0.15, -0.1) is 0 Å². The molecule has 0 heterocycles. The Morgan fingerprint density at radius 1 is 1.08 bits per heavy atom. The van der Waals surface area contributed by atoms with Gasteiger partial charge in [-0.05, 0) is 13.0 Å². The van der Waals surface area contributed by atoms with E-state index in [1.54, 1.807) is 7.11 Å². The molecule has 2 N–H and O–H groups in total. The maximum Gasteiger partial charge on any atom is 0.0462 e. The summed E-state index contributed by atoms with van der Waals surface area (Å²) in [6.07, 6.45) is 3.80. The number of nitrogens with two attached hydrogens (primary N) is 1. The van der Waals surface area contributed by atoms with Gasteiger partial charge >= 0.3 is 0 Å². The Kier molecular flexibility index (Phi) is 45.6. The summed E-state index contributed by atoms with van der Waals surface area (Å²) in [6.45, 7) is 9.77. The van der Waals surface area contributed by atoms with Gasteiger partial charge in [0.15, 0.2) is 0 Å². The molecule has 0 radical (unpaired) electrons. The fourth-order valence-corrected chi connectivity index (χ4v) is 0.496. The Bertz CT molecular complexity index is 36.8. The van der Waals surface area contributed by atoms with E-state index in [2.05, 4.69) is 6.92 Å². The second-order valence-electron chi connectivity index (χ2n) is 2.11. The number of ether oxygens (including phenoxy) is 1. The molecule has 0 bridgehead atoms. The maximum absolute atomic E-state index is 4.85. The molecule has 0 aliphatic rings. The van der Waals surface area contributed by atoms with Crippen LogP contribution in [0.25, 0.3) is 0 Å². The lowest BCUT2D eigenvalue weighted by Crippen LogP contribution is -1.87. The van der Waals surface area contributed by atoms with E-state index in [9.17, 15) is 0 Å². The fourth-order valence-electron chi connectivity index (χ4n) is 0.496. The van der Waals surface area contributed by atoms with Crippen LogP contribution in [0.5, 0.6) is 0 Å². The molecule has 0 atom stereocenters. The molecule has 0 fully saturated rings. The molecule has 0 aliphatic carbocycles. The predicted octanol–water partition coefficient (Wildman–Crippen LogP) is 2.81. The minimum Gasteiger partial charge on any atom is -0.385 e. The molecular formula is C10H27NO. The van der Waals surface area contributed by atoms with Crippen LogP contribution in [0.4, 0.5) is 0 Å². The highest BCUT2D eigenvalue weighted by atomic mass is 16.5. The van der Waals surface area contributed by atoms with Crippen LogP contribution in [0.3, 0.4) is 0 Å². The zero-order valence-corrected chi connectivity index (χ0v) is 9.52. The van der Waals surface area contributed by atoms with Crippen molar-refractivity contribution in [2.24, 2.45) is 5.73 Å². The highest BCUT2D eigenvalue weighted by molar-refractivity contribution is 4.32. The topological polar surface area (TPSA) is 35.2 Å². The van der Waals surface area contributed by atoms with E-state index in [1.807, 2.05) is 20.8 Å². The minimum atomic E-state index is 0.750. The minimum absolute atomic E-state index is 0.750. The quantitative estimate of drug-likeness (QED) is 0.670. The molecule has 0 unspecified atom stereocenters. The van der Waals surface area contributed by atoms with E-state index in [1.165, 1.54) is 19.3 Å². The number of hydrogen-bond acceptors (Lipinski definition) is 2. The number of unbranched alkanes of at least 4 members (excludes halogenated alkanes) is 2. The van der Waals surface area contributed by atoms with Gasteiger partial charge in [0.05, 0.1) is 0 Å². The molecule has 2 nitrogen and oxygen atoms in total. The molecule has 0 aromatic carbocycles. The van der Waals surface area contributed by atoms with E-state index in [4.69, 9.17) is 10.5 Å². The fraction of sp³-hybridized carbons (Fsp3) is 1.00. The monoisotopic (exact) mass is 177 g/mol. The summed E-state index contributed by atoms with van der Waals surface area (Å²) in [5.41, 5.74) is 4.85. The second-order valence-corrected chi connectivity index (χ2v) is 2.11. The zero-order valence-electron chi connectivity index (χ0n) is 9.52. The lowest BCUT2D eigenvalue weighted by molar-refractivity contribution is 0.192. The first-order valence-corrected chi connectivity index (χ1v) is 5.02. The van der Waals surface area contributed by atoms with Crippen molar-refractivity contribution in [1.29, 1.82) is 0 Å². The van der Waals surface area contributed by atoms with Crippen LogP contribution in [-0.4, -0.2) is 20.3 Å². The Hall–Kier alpha value is -0.0800. The van der Waals surface area contributed by atoms with Crippen LogP contribution in [-0.2, 0) is 4.74 Å². The number of rotatable bonds is 4. The van der Waals surface area contributed by atoms with Crippen LogP contribution in [0, 0.1) is 0 Å². The first kappa shape index (κ1) is 17.9. The van der Waals surface area contributed by atoms with E-state index >= 15 is 0 Å². The van der Waals surface area contributed by atoms with Gasteiger partial charge in [-0.3, -0.25) is 0 Å². The third kappa shape index (κ3) is 51.4. The second kappa shape index (κ2) is 30.7. The first-order valence-electron chi connectivity index (χ1n) is 5.02. The molecule has 0 saturated carbocycles. The van der Waals surface area contributed by atoms with Crippen molar-refractivity contribution in [3.63, 3.8) is 0 Å². The van der Waals surface area contributed by atoms with Crippen molar-refractivity contribution in [2.45, 2.75) is 47.0 Å². The van der Waals surface area contributed by atoms with Crippen LogP contribution >= 0.6 is 0 Å². The third-order valence-corrected chi connectivity index (χ3v) is 0.952. The van der Waals surface area contributed by atoms with Crippen molar-refractivity contribution in [3.05, 3.63) is 0 Å². The molecule has 0 saturated heterocycles. The van der Waals surface area contributed by atoms with Gasteiger partial charge in [0.25, 0.3) is 0 Å². The molecule has 0 spiro atoms. The Labute approximate surface area is 78.5 Å². The van der Waals surface area contributed by atoms with Crippen molar-refractivity contribution < 1.29 is 4.74 Å². The van der Waals surface area contributed by atoms with Crippen molar-refractivity contribution in [2.75, 3.05) is 20.3 Å². The normalized spacial score (nSPS) is 7.50. The van der Waals surface area contributed by atoms with Gasteiger partial charge in [-0.2, -0.15) is 0 Å². The lowest BCUT2D eigenvalue weighted by Gasteiger charge is -1.92. The summed E-state index contributed by atoms with van der Waals surface area (Å²) in [6, 6.07) is 0.